The Balaban J connectivity index is 1.79. The largest absolute Gasteiger partial charge is 0.335 e. The second-order valence-corrected chi connectivity index (χ2v) is 6.46. The summed E-state index contributed by atoms with van der Waals surface area (Å²) in [7, 11) is 3.41. The van der Waals surface area contributed by atoms with Crippen molar-refractivity contribution in [3.63, 3.8) is 0 Å². The van der Waals surface area contributed by atoms with Gasteiger partial charge >= 0.3 is 0 Å². The molecule has 5 nitrogen and oxygen atoms in total. The second-order valence-electron chi connectivity index (χ2n) is 6.46. The summed E-state index contributed by atoms with van der Waals surface area (Å²) in [5.41, 5.74) is 2.73. The van der Waals surface area contributed by atoms with Crippen molar-refractivity contribution < 1.29 is 14.0 Å². The molecular formula is C20H24FN3O2. The number of carbonyl (C=O) groups excluding carboxylic acids is 2. The number of aryl methyl sites for hydroxylation is 1. The van der Waals surface area contributed by atoms with Crippen LogP contribution in [0.3, 0.4) is 0 Å². The summed E-state index contributed by atoms with van der Waals surface area (Å²) < 4.78 is 12.9. The van der Waals surface area contributed by atoms with Crippen molar-refractivity contribution in [2.24, 2.45) is 0 Å². The van der Waals surface area contributed by atoms with Gasteiger partial charge in [0.2, 0.25) is 11.8 Å². The Kier molecular flexibility index (Phi) is 6.86. The van der Waals surface area contributed by atoms with E-state index in [1.807, 2.05) is 43.1 Å². The number of likely N-dealkylation sites (N-methyl/N-ethyl adjacent to an activating group) is 2. The number of benzene rings is 2. The molecule has 0 fully saturated rings. The zero-order valence-corrected chi connectivity index (χ0v) is 15.3. The third-order valence-electron chi connectivity index (χ3n) is 3.91. The van der Waals surface area contributed by atoms with Gasteiger partial charge in [-0.15, -0.1) is 0 Å². The molecule has 2 rings (SSSR count). The van der Waals surface area contributed by atoms with E-state index >= 15 is 0 Å². The van der Waals surface area contributed by atoms with E-state index in [4.69, 9.17) is 0 Å². The molecule has 0 aliphatic heterocycles. The molecule has 0 saturated carbocycles. The average Bonchev–Trinajstić information content (AvgIpc) is 2.58. The van der Waals surface area contributed by atoms with Gasteiger partial charge in [0.05, 0.1) is 13.1 Å². The summed E-state index contributed by atoms with van der Waals surface area (Å²) in [6.07, 6.45) is 0. The molecule has 0 heterocycles. The minimum atomic E-state index is -0.285. The monoisotopic (exact) mass is 357 g/mol. The van der Waals surface area contributed by atoms with Crippen molar-refractivity contribution in [1.29, 1.82) is 0 Å². The van der Waals surface area contributed by atoms with Crippen LogP contribution < -0.4 is 5.32 Å². The quantitative estimate of drug-likeness (QED) is 0.829. The van der Waals surface area contributed by atoms with E-state index in [1.54, 1.807) is 19.2 Å². The molecule has 0 bridgehead atoms. The fourth-order valence-corrected chi connectivity index (χ4v) is 2.45. The van der Waals surface area contributed by atoms with Crippen molar-refractivity contribution in [3.05, 3.63) is 65.5 Å². The molecule has 6 heteroatoms. The minimum Gasteiger partial charge on any atom is -0.335 e. The number of nitrogens with one attached hydrogen (secondary N) is 1. The van der Waals surface area contributed by atoms with Crippen LogP contribution in [-0.2, 0) is 16.1 Å². The summed E-state index contributed by atoms with van der Waals surface area (Å²) >= 11 is 0. The molecule has 0 atom stereocenters. The summed E-state index contributed by atoms with van der Waals surface area (Å²) in [5, 5.41) is 2.77. The zero-order chi connectivity index (χ0) is 19.1. The number of hydrogen-bond acceptors (Lipinski definition) is 3. The maximum atomic E-state index is 12.9. The number of rotatable bonds is 7. The summed E-state index contributed by atoms with van der Waals surface area (Å²) in [4.78, 5) is 27.6. The molecule has 1 N–H and O–H groups in total. The van der Waals surface area contributed by atoms with Gasteiger partial charge in [-0.25, -0.2) is 4.39 Å². The van der Waals surface area contributed by atoms with Gasteiger partial charge in [-0.3, -0.25) is 14.5 Å². The van der Waals surface area contributed by atoms with Crippen LogP contribution >= 0.6 is 0 Å². The van der Waals surface area contributed by atoms with Crippen LogP contribution in [-0.4, -0.2) is 48.8 Å². The normalized spacial score (nSPS) is 10.7. The smallest absolute Gasteiger partial charge is 0.243 e. The van der Waals surface area contributed by atoms with Crippen molar-refractivity contribution in [3.8, 4) is 0 Å². The molecule has 0 aliphatic rings. The Morgan fingerprint density at radius 1 is 0.962 bits per heavy atom. The Hall–Kier alpha value is -2.73. The van der Waals surface area contributed by atoms with Gasteiger partial charge in [-0.05, 0) is 43.8 Å². The molecule has 2 aromatic rings. The molecule has 0 radical (unpaired) electrons. The van der Waals surface area contributed by atoms with Gasteiger partial charge in [-0.2, -0.15) is 0 Å². The number of nitrogens with zero attached hydrogens (tertiary/aromatic N) is 2. The van der Waals surface area contributed by atoms with Crippen LogP contribution in [0.4, 0.5) is 10.1 Å². The topological polar surface area (TPSA) is 52.7 Å². The van der Waals surface area contributed by atoms with Crippen LogP contribution in [0.15, 0.2) is 48.5 Å². The molecule has 0 unspecified atom stereocenters. The third kappa shape index (κ3) is 6.29. The highest BCUT2D eigenvalue weighted by Crippen LogP contribution is 2.09. The van der Waals surface area contributed by atoms with Crippen LogP contribution in [0.1, 0.15) is 11.1 Å². The van der Waals surface area contributed by atoms with Crippen molar-refractivity contribution >= 4 is 17.5 Å². The third-order valence-corrected chi connectivity index (χ3v) is 3.91. The zero-order valence-electron chi connectivity index (χ0n) is 15.3. The van der Waals surface area contributed by atoms with E-state index in [9.17, 15) is 14.0 Å². The van der Waals surface area contributed by atoms with E-state index in [-0.39, 0.29) is 30.7 Å². The van der Waals surface area contributed by atoms with Crippen LogP contribution in [0.5, 0.6) is 0 Å². The molecule has 0 spiro atoms. The first kappa shape index (κ1) is 19.6. The average molecular weight is 357 g/mol. The molecule has 0 aliphatic carbocycles. The van der Waals surface area contributed by atoms with Crippen molar-refractivity contribution in [2.45, 2.75) is 13.5 Å². The molecule has 2 amide bonds. The standard InChI is InChI=1S/C20H24FN3O2/c1-15-4-10-18(11-5-15)22-19(25)13-24(3)20(26)14-23(2)12-16-6-8-17(21)9-7-16/h4-11H,12-14H2,1-3H3,(H,22,25). The first-order valence-corrected chi connectivity index (χ1v) is 8.37. The highest BCUT2D eigenvalue weighted by Gasteiger charge is 2.15. The van der Waals surface area contributed by atoms with E-state index in [0.29, 0.717) is 12.2 Å². The van der Waals surface area contributed by atoms with Gasteiger partial charge in [0.25, 0.3) is 0 Å². The number of anilines is 1. The van der Waals surface area contributed by atoms with Gasteiger partial charge in [-0.1, -0.05) is 29.8 Å². The summed E-state index contributed by atoms with van der Waals surface area (Å²) in [6, 6.07) is 13.6. The minimum absolute atomic E-state index is 0.0168. The first-order chi connectivity index (χ1) is 12.3. The van der Waals surface area contributed by atoms with E-state index in [0.717, 1.165) is 11.1 Å². The lowest BCUT2D eigenvalue weighted by Gasteiger charge is -2.21. The number of halogens is 1. The lowest BCUT2D eigenvalue weighted by molar-refractivity contribution is -0.134. The Morgan fingerprint density at radius 3 is 2.19 bits per heavy atom. The van der Waals surface area contributed by atoms with Crippen molar-refractivity contribution in [1.82, 2.24) is 9.80 Å². The predicted molar refractivity (Wildman–Crippen MR) is 100 cm³/mol. The van der Waals surface area contributed by atoms with Gasteiger partial charge in [0, 0.05) is 19.3 Å². The maximum absolute atomic E-state index is 12.9. The molecule has 138 valence electrons. The van der Waals surface area contributed by atoms with Crippen LogP contribution in [0, 0.1) is 12.7 Å². The van der Waals surface area contributed by atoms with E-state index < -0.39 is 0 Å². The number of hydrogen-bond donors (Lipinski definition) is 1. The fraction of sp³-hybridized carbons (Fsp3) is 0.300. The van der Waals surface area contributed by atoms with E-state index in [2.05, 4.69) is 5.32 Å². The molecule has 2 aromatic carbocycles. The summed E-state index contributed by atoms with van der Waals surface area (Å²) in [6.45, 7) is 2.65. The lowest BCUT2D eigenvalue weighted by atomic mass is 10.2. The SMILES string of the molecule is Cc1ccc(NC(=O)CN(C)C(=O)CN(C)Cc2ccc(F)cc2)cc1. The van der Waals surface area contributed by atoms with Crippen molar-refractivity contribution in [2.75, 3.05) is 32.5 Å². The summed E-state index contributed by atoms with van der Waals surface area (Å²) in [5.74, 6) is -0.689. The van der Waals surface area contributed by atoms with Crippen LogP contribution in [0.2, 0.25) is 0 Å². The Labute approximate surface area is 153 Å². The highest BCUT2D eigenvalue weighted by molar-refractivity contribution is 5.94. The van der Waals surface area contributed by atoms with E-state index in [1.165, 1.54) is 17.0 Å². The number of carbonyl (C=O) groups is 2. The molecular weight excluding hydrogens is 333 g/mol. The van der Waals surface area contributed by atoms with Gasteiger partial charge in [0.15, 0.2) is 0 Å². The van der Waals surface area contributed by atoms with Gasteiger partial charge in [0.1, 0.15) is 5.82 Å². The Morgan fingerprint density at radius 2 is 1.58 bits per heavy atom. The molecule has 0 aromatic heterocycles. The number of amides is 2. The molecule has 0 saturated heterocycles. The maximum Gasteiger partial charge on any atom is 0.243 e. The Bertz CT molecular complexity index is 745. The lowest BCUT2D eigenvalue weighted by Crippen LogP contribution is -2.40. The van der Waals surface area contributed by atoms with Crippen LogP contribution in [0.25, 0.3) is 0 Å². The molecule has 26 heavy (non-hydrogen) atoms. The second kappa shape index (κ2) is 9.10. The van der Waals surface area contributed by atoms with Gasteiger partial charge < -0.3 is 10.2 Å². The first-order valence-electron chi connectivity index (χ1n) is 8.37. The fourth-order valence-electron chi connectivity index (χ4n) is 2.45. The highest BCUT2D eigenvalue weighted by atomic mass is 19.1. The predicted octanol–water partition coefficient (Wildman–Crippen LogP) is 2.66.